The lowest BCUT2D eigenvalue weighted by Crippen LogP contribution is -2.36. The molecule has 0 aromatic heterocycles. The first-order chi connectivity index (χ1) is 12.6. The van der Waals surface area contributed by atoms with Crippen molar-refractivity contribution < 1.29 is 9.18 Å². The van der Waals surface area contributed by atoms with E-state index in [-0.39, 0.29) is 10.9 Å². The zero-order chi connectivity index (χ0) is 18.1. The van der Waals surface area contributed by atoms with Crippen molar-refractivity contribution in [1.82, 2.24) is 10.2 Å². The molecule has 3 aliphatic rings. The van der Waals surface area contributed by atoms with Crippen molar-refractivity contribution in [1.29, 1.82) is 0 Å². The molecule has 1 amide bonds. The third kappa shape index (κ3) is 4.21. The molecule has 142 valence electrons. The van der Waals surface area contributed by atoms with Gasteiger partial charge in [-0.15, -0.1) is 0 Å². The van der Waals surface area contributed by atoms with Crippen LogP contribution in [0.3, 0.4) is 0 Å². The van der Waals surface area contributed by atoms with Crippen LogP contribution in [-0.2, 0) is 4.79 Å². The van der Waals surface area contributed by atoms with Gasteiger partial charge in [-0.05, 0) is 87.3 Å². The van der Waals surface area contributed by atoms with Crippen LogP contribution in [0.2, 0.25) is 5.02 Å². The number of rotatable bonds is 6. The minimum atomic E-state index is -0.470. The van der Waals surface area contributed by atoms with Crippen molar-refractivity contribution in [2.24, 2.45) is 23.7 Å². The van der Waals surface area contributed by atoms with Gasteiger partial charge in [0.15, 0.2) is 0 Å². The number of fused-ring (bicyclic) bond motifs is 1. The van der Waals surface area contributed by atoms with Crippen molar-refractivity contribution in [3.8, 4) is 0 Å². The molecular formula is C20H27ClFN3O. The van der Waals surface area contributed by atoms with E-state index in [9.17, 15) is 9.18 Å². The third-order valence-corrected chi connectivity index (χ3v) is 6.72. The van der Waals surface area contributed by atoms with Crippen molar-refractivity contribution in [2.75, 3.05) is 38.0 Å². The Morgan fingerprint density at radius 3 is 2.69 bits per heavy atom. The van der Waals surface area contributed by atoms with Gasteiger partial charge in [0.05, 0.1) is 5.02 Å². The number of amides is 1. The number of halogens is 2. The fourth-order valence-corrected chi connectivity index (χ4v) is 4.89. The van der Waals surface area contributed by atoms with Crippen LogP contribution < -0.4 is 10.6 Å². The molecule has 2 aliphatic heterocycles. The summed E-state index contributed by atoms with van der Waals surface area (Å²) in [6.07, 6.45) is 3.82. The van der Waals surface area contributed by atoms with E-state index < -0.39 is 5.82 Å². The summed E-state index contributed by atoms with van der Waals surface area (Å²) in [6.45, 7) is 6.06. The maximum Gasteiger partial charge on any atom is 0.224 e. The number of anilines is 1. The molecule has 4 rings (SSSR count). The predicted molar refractivity (Wildman–Crippen MR) is 102 cm³/mol. The van der Waals surface area contributed by atoms with Crippen molar-refractivity contribution in [2.45, 2.75) is 25.7 Å². The predicted octanol–water partition coefficient (Wildman–Crippen LogP) is 3.38. The van der Waals surface area contributed by atoms with Crippen molar-refractivity contribution in [3.63, 3.8) is 0 Å². The van der Waals surface area contributed by atoms with Crippen molar-refractivity contribution in [3.05, 3.63) is 29.0 Å². The molecule has 1 aromatic carbocycles. The normalized spacial score (nSPS) is 28.8. The summed E-state index contributed by atoms with van der Waals surface area (Å²) in [5, 5.41) is 6.31. The summed E-state index contributed by atoms with van der Waals surface area (Å²) in [5.41, 5.74) is 0.556. The fraction of sp³-hybridized carbons (Fsp3) is 0.650. The van der Waals surface area contributed by atoms with E-state index in [0.717, 1.165) is 24.2 Å². The van der Waals surface area contributed by atoms with E-state index in [4.69, 9.17) is 11.6 Å². The van der Waals surface area contributed by atoms with Crippen LogP contribution in [0, 0.1) is 29.5 Å². The van der Waals surface area contributed by atoms with E-state index in [1.54, 1.807) is 6.07 Å². The topological polar surface area (TPSA) is 44.4 Å². The monoisotopic (exact) mass is 379 g/mol. The number of piperidine rings is 2. The average Bonchev–Trinajstić information content (AvgIpc) is 3.04. The van der Waals surface area contributed by atoms with E-state index >= 15 is 0 Å². The average molecular weight is 380 g/mol. The number of carbonyl (C=O) groups is 1. The first-order valence-electron chi connectivity index (χ1n) is 9.78. The fourth-order valence-electron chi connectivity index (χ4n) is 4.71. The first-order valence-corrected chi connectivity index (χ1v) is 10.2. The van der Waals surface area contributed by atoms with E-state index in [0.29, 0.717) is 18.0 Å². The number of benzene rings is 1. The summed E-state index contributed by atoms with van der Waals surface area (Å²) in [4.78, 5) is 14.7. The highest BCUT2D eigenvalue weighted by atomic mass is 35.5. The number of nitrogens with one attached hydrogen (secondary N) is 2. The molecule has 2 N–H and O–H groups in total. The summed E-state index contributed by atoms with van der Waals surface area (Å²) in [5.74, 6) is 2.96. The molecule has 1 aliphatic carbocycles. The van der Waals surface area contributed by atoms with Gasteiger partial charge in [-0.2, -0.15) is 0 Å². The Balaban J connectivity index is 1.14. The third-order valence-electron chi connectivity index (χ3n) is 6.43. The molecule has 1 aromatic rings. The largest absolute Gasteiger partial charge is 0.326 e. The van der Waals surface area contributed by atoms with Crippen molar-refractivity contribution >= 4 is 23.2 Å². The lowest BCUT2D eigenvalue weighted by molar-refractivity contribution is -0.116. The Hall–Kier alpha value is -1.17. The van der Waals surface area contributed by atoms with Gasteiger partial charge in [0.2, 0.25) is 5.91 Å². The van der Waals surface area contributed by atoms with Gasteiger partial charge < -0.3 is 15.5 Å². The summed E-state index contributed by atoms with van der Waals surface area (Å²) >= 11 is 5.75. The maximum absolute atomic E-state index is 13.2. The van der Waals surface area contributed by atoms with Gasteiger partial charge in [-0.3, -0.25) is 4.79 Å². The molecule has 3 fully saturated rings. The maximum atomic E-state index is 13.2. The van der Waals surface area contributed by atoms with E-state index in [1.165, 1.54) is 57.7 Å². The quantitative estimate of drug-likeness (QED) is 0.796. The van der Waals surface area contributed by atoms with Gasteiger partial charge in [-0.25, -0.2) is 4.39 Å². The highest BCUT2D eigenvalue weighted by molar-refractivity contribution is 6.31. The molecule has 2 atom stereocenters. The SMILES string of the molecule is O=C(CCC1CCN(CC2C3CNCC32)CC1)Nc1ccc(F)c(Cl)c1. The molecule has 26 heavy (non-hydrogen) atoms. The summed E-state index contributed by atoms with van der Waals surface area (Å²) < 4.78 is 13.2. The van der Waals surface area contributed by atoms with E-state index in [2.05, 4.69) is 15.5 Å². The molecule has 1 saturated carbocycles. The highest BCUT2D eigenvalue weighted by Crippen LogP contribution is 2.49. The summed E-state index contributed by atoms with van der Waals surface area (Å²) in [6, 6.07) is 4.27. The smallest absolute Gasteiger partial charge is 0.224 e. The van der Waals surface area contributed by atoms with Crippen LogP contribution >= 0.6 is 11.6 Å². The van der Waals surface area contributed by atoms with Gasteiger partial charge in [0.1, 0.15) is 5.82 Å². The molecule has 6 heteroatoms. The van der Waals surface area contributed by atoms with Crippen LogP contribution in [0.4, 0.5) is 10.1 Å². The number of hydrogen-bond donors (Lipinski definition) is 2. The van der Waals surface area contributed by atoms with Crippen LogP contribution in [0.1, 0.15) is 25.7 Å². The molecule has 4 nitrogen and oxygen atoms in total. The minimum Gasteiger partial charge on any atom is -0.326 e. The number of hydrogen-bond acceptors (Lipinski definition) is 3. The standard InChI is InChI=1S/C20H27ClFN3O/c21-18-9-14(2-3-19(18)22)24-20(26)4-1-13-5-7-25(8-6-13)12-17-15-10-23-11-16(15)17/h2-3,9,13,15-17,23H,1,4-8,10-12H2,(H,24,26). The second-order valence-corrected chi connectivity index (χ2v) is 8.52. The van der Waals surface area contributed by atoms with Gasteiger partial charge in [0, 0.05) is 18.7 Å². The van der Waals surface area contributed by atoms with Gasteiger partial charge in [0.25, 0.3) is 0 Å². The van der Waals surface area contributed by atoms with Crippen LogP contribution in [0.5, 0.6) is 0 Å². The van der Waals surface area contributed by atoms with E-state index in [1.807, 2.05) is 0 Å². The minimum absolute atomic E-state index is 0.0200. The number of nitrogens with zero attached hydrogens (tertiary/aromatic N) is 1. The lowest BCUT2D eigenvalue weighted by atomic mass is 9.92. The molecule has 2 heterocycles. The molecule has 0 bridgehead atoms. The highest BCUT2D eigenvalue weighted by Gasteiger charge is 2.52. The molecular weight excluding hydrogens is 353 g/mol. The van der Waals surface area contributed by atoms with Gasteiger partial charge in [-0.1, -0.05) is 11.6 Å². The zero-order valence-electron chi connectivity index (χ0n) is 15.0. The Kier molecular flexibility index (Phi) is 5.48. The molecule has 0 spiro atoms. The molecule has 0 radical (unpaired) electrons. The Labute approximate surface area is 159 Å². The number of likely N-dealkylation sites (tertiary alicyclic amines) is 1. The molecule has 2 unspecified atom stereocenters. The van der Waals surface area contributed by atoms with Gasteiger partial charge >= 0.3 is 0 Å². The number of carbonyl (C=O) groups excluding carboxylic acids is 1. The van der Waals surface area contributed by atoms with Crippen LogP contribution in [0.25, 0.3) is 0 Å². The zero-order valence-corrected chi connectivity index (χ0v) is 15.8. The second-order valence-electron chi connectivity index (χ2n) is 8.11. The van der Waals surface area contributed by atoms with Crippen LogP contribution in [0.15, 0.2) is 18.2 Å². The molecule has 2 saturated heterocycles. The lowest BCUT2D eigenvalue weighted by Gasteiger charge is -2.32. The Bertz CT molecular complexity index is 652. The summed E-state index contributed by atoms with van der Waals surface area (Å²) in [7, 11) is 0. The second kappa shape index (κ2) is 7.83. The Morgan fingerprint density at radius 2 is 2.00 bits per heavy atom. The Morgan fingerprint density at radius 1 is 1.27 bits per heavy atom. The first kappa shape index (κ1) is 18.2. The van der Waals surface area contributed by atoms with Crippen LogP contribution in [-0.4, -0.2) is 43.5 Å².